The summed E-state index contributed by atoms with van der Waals surface area (Å²) in [5.41, 5.74) is 2.56. The van der Waals surface area contributed by atoms with E-state index in [1.54, 1.807) is 6.07 Å². The molecule has 1 heterocycles. The fourth-order valence-electron chi connectivity index (χ4n) is 1.84. The maximum atomic E-state index is 10.8. The minimum Gasteiger partial charge on any atom is -0.298 e. The monoisotopic (exact) mass is 247 g/mol. The molecule has 0 aliphatic rings. The molecular weight excluding hydrogens is 234 g/mol. The van der Waals surface area contributed by atoms with Gasteiger partial charge in [-0.3, -0.25) is 4.79 Å². The Bertz CT molecular complexity index is 551. The number of halogens is 1. The van der Waals surface area contributed by atoms with Gasteiger partial charge in [-0.05, 0) is 36.6 Å². The molecule has 17 heavy (non-hydrogen) atoms. The Balaban J connectivity index is 2.45. The average Bonchev–Trinajstić information content (AvgIpc) is 2.35. The number of aromatic nitrogens is 1. The molecule has 0 spiro atoms. The molecule has 0 aliphatic heterocycles. The van der Waals surface area contributed by atoms with E-state index in [1.165, 1.54) is 18.4 Å². The maximum absolute atomic E-state index is 10.8. The Kier molecular flexibility index (Phi) is 3.75. The molecule has 2 rings (SSSR count). The van der Waals surface area contributed by atoms with Crippen molar-refractivity contribution in [2.24, 2.45) is 0 Å². The Hall–Kier alpha value is -1.41. The van der Waals surface area contributed by atoms with Gasteiger partial charge in [0, 0.05) is 5.39 Å². The van der Waals surface area contributed by atoms with Crippen molar-refractivity contribution in [2.45, 2.75) is 26.2 Å². The molecule has 0 saturated heterocycles. The van der Waals surface area contributed by atoms with Crippen molar-refractivity contribution in [1.82, 2.24) is 4.98 Å². The number of unbranched alkanes of at least 4 members (excludes halogenated alkanes) is 1. The average molecular weight is 248 g/mol. The van der Waals surface area contributed by atoms with Crippen molar-refractivity contribution in [1.29, 1.82) is 0 Å². The Morgan fingerprint density at radius 3 is 2.88 bits per heavy atom. The predicted molar refractivity (Wildman–Crippen MR) is 70.8 cm³/mol. The highest BCUT2D eigenvalue weighted by Gasteiger charge is 2.04. The lowest BCUT2D eigenvalue weighted by molar-refractivity contribution is 0.112. The molecule has 1 aromatic carbocycles. The van der Waals surface area contributed by atoms with Crippen LogP contribution in [0, 0.1) is 0 Å². The summed E-state index contributed by atoms with van der Waals surface area (Å²) >= 11 is 5.88. The van der Waals surface area contributed by atoms with Crippen molar-refractivity contribution in [3.63, 3.8) is 0 Å². The van der Waals surface area contributed by atoms with E-state index in [0.717, 1.165) is 23.6 Å². The van der Waals surface area contributed by atoms with Gasteiger partial charge < -0.3 is 0 Å². The highest BCUT2D eigenvalue weighted by molar-refractivity contribution is 6.32. The first-order valence-electron chi connectivity index (χ1n) is 5.79. The largest absolute Gasteiger partial charge is 0.298 e. The SMILES string of the molecule is CCCCc1ccc2nc(Cl)c(C=O)cc2c1. The Labute approximate surface area is 106 Å². The number of hydrogen-bond donors (Lipinski definition) is 0. The van der Waals surface area contributed by atoms with E-state index in [4.69, 9.17) is 11.6 Å². The fourth-order valence-corrected chi connectivity index (χ4v) is 2.03. The van der Waals surface area contributed by atoms with Crippen LogP contribution in [0.15, 0.2) is 24.3 Å². The van der Waals surface area contributed by atoms with Crippen LogP contribution in [-0.2, 0) is 6.42 Å². The molecule has 0 aliphatic carbocycles. The lowest BCUT2D eigenvalue weighted by Gasteiger charge is -2.04. The number of aryl methyl sites for hydroxylation is 1. The molecule has 2 nitrogen and oxygen atoms in total. The number of pyridine rings is 1. The fraction of sp³-hybridized carbons (Fsp3) is 0.286. The van der Waals surface area contributed by atoms with Crippen LogP contribution in [0.1, 0.15) is 35.7 Å². The van der Waals surface area contributed by atoms with E-state index in [0.29, 0.717) is 5.56 Å². The van der Waals surface area contributed by atoms with Gasteiger partial charge in [0.05, 0.1) is 11.1 Å². The van der Waals surface area contributed by atoms with Crippen LogP contribution in [0.5, 0.6) is 0 Å². The number of aldehydes is 1. The topological polar surface area (TPSA) is 30.0 Å². The second kappa shape index (κ2) is 5.28. The van der Waals surface area contributed by atoms with Crippen LogP contribution in [0.3, 0.4) is 0 Å². The molecule has 0 radical (unpaired) electrons. The molecule has 88 valence electrons. The van der Waals surface area contributed by atoms with Crippen molar-refractivity contribution >= 4 is 28.8 Å². The zero-order valence-corrected chi connectivity index (χ0v) is 10.5. The van der Waals surface area contributed by atoms with Gasteiger partial charge in [0.1, 0.15) is 5.15 Å². The van der Waals surface area contributed by atoms with E-state index in [-0.39, 0.29) is 5.15 Å². The van der Waals surface area contributed by atoms with E-state index in [9.17, 15) is 4.79 Å². The molecule has 0 N–H and O–H groups in total. The summed E-state index contributed by atoms with van der Waals surface area (Å²) in [5.74, 6) is 0. The van der Waals surface area contributed by atoms with Gasteiger partial charge >= 0.3 is 0 Å². The third kappa shape index (κ3) is 2.64. The lowest BCUT2D eigenvalue weighted by Crippen LogP contribution is -1.90. The summed E-state index contributed by atoms with van der Waals surface area (Å²) in [5, 5.41) is 1.25. The van der Waals surface area contributed by atoms with Crippen LogP contribution in [0.4, 0.5) is 0 Å². The number of carbonyl (C=O) groups excluding carboxylic acids is 1. The van der Waals surface area contributed by atoms with Gasteiger partial charge in [-0.1, -0.05) is 31.0 Å². The van der Waals surface area contributed by atoms with Crippen LogP contribution < -0.4 is 0 Å². The second-order valence-corrected chi connectivity index (χ2v) is 4.47. The van der Waals surface area contributed by atoms with Crippen molar-refractivity contribution in [3.05, 3.63) is 40.5 Å². The molecule has 0 unspecified atom stereocenters. The van der Waals surface area contributed by atoms with Gasteiger partial charge in [-0.15, -0.1) is 0 Å². The standard InChI is InChI=1S/C14H14ClNO/c1-2-3-4-10-5-6-13-11(7-10)8-12(9-17)14(15)16-13/h5-9H,2-4H2,1H3. The van der Waals surface area contributed by atoms with Crippen molar-refractivity contribution < 1.29 is 4.79 Å². The highest BCUT2D eigenvalue weighted by atomic mass is 35.5. The number of rotatable bonds is 4. The summed E-state index contributed by atoms with van der Waals surface area (Å²) in [7, 11) is 0. The summed E-state index contributed by atoms with van der Waals surface area (Å²) in [6, 6.07) is 7.91. The van der Waals surface area contributed by atoms with Crippen LogP contribution in [0.25, 0.3) is 10.9 Å². The van der Waals surface area contributed by atoms with Gasteiger partial charge in [0.25, 0.3) is 0 Å². The molecule has 3 heteroatoms. The molecule has 1 aromatic heterocycles. The number of carbonyl (C=O) groups is 1. The lowest BCUT2D eigenvalue weighted by atomic mass is 10.0. The minimum atomic E-state index is 0.272. The normalized spacial score (nSPS) is 10.7. The van der Waals surface area contributed by atoms with Gasteiger partial charge in [0.2, 0.25) is 0 Å². The van der Waals surface area contributed by atoms with E-state index in [1.807, 2.05) is 6.07 Å². The molecular formula is C14H14ClNO. The highest BCUT2D eigenvalue weighted by Crippen LogP contribution is 2.21. The van der Waals surface area contributed by atoms with Crippen LogP contribution in [-0.4, -0.2) is 11.3 Å². The molecule has 2 aromatic rings. The number of benzene rings is 1. The first kappa shape index (κ1) is 12.1. The minimum absolute atomic E-state index is 0.272. The van der Waals surface area contributed by atoms with Crippen LogP contribution in [0.2, 0.25) is 5.15 Å². The van der Waals surface area contributed by atoms with Gasteiger partial charge in [-0.25, -0.2) is 4.98 Å². The molecule has 0 saturated carbocycles. The van der Waals surface area contributed by atoms with Crippen LogP contribution >= 0.6 is 11.6 Å². The van der Waals surface area contributed by atoms with E-state index >= 15 is 0 Å². The van der Waals surface area contributed by atoms with Crippen molar-refractivity contribution in [3.8, 4) is 0 Å². The number of fused-ring (bicyclic) bond motifs is 1. The molecule has 0 amide bonds. The molecule has 0 bridgehead atoms. The third-order valence-corrected chi connectivity index (χ3v) is 3.11. The summed E-state index contributed by atoms with van der Waals surface area (Å²) < 4.78 is 0. The Morgan fingerprint density at radius 2 is 2.18 bits per heavy atom. The first-order chi connectivity index (χ1) is 8.24. The number of hydrogen-bond acceptors (Lipinski definition) is 2. The smallest absolute Gasteiger partial charge is 0.153 e. The zero-order valence-electron chi connectivity index (χ0n) is 9.74. The summed E-state index contributed by atoms with van der Waals surface area (Å²) in [4.78, 5) is 15.0. The van der Waals surface area contributed by atoms with E-state index in [2.05, 4.69) is 24.0 Å². The molecule has 0 fully saturated rings. The summed E-state index contributed by atoms with van der Waals surface area (Å²) in [6.07, 6.45) is 4.16. The first-order valence-corrected chi connectivity index (χ1v) is 6.16. The maximum Gasteiger partial charge on any atom is 0.153 e. The van der Waals surface area contributed by atoms with Gasteiger partial charge in [0.15, 0.2) is 6.29 Å². The van der Waals surface area contributed by atoms with E-state index < -0.39 is 0 Å². The van der Waals surface area contributed by atoms with Crippen molar-refractivity contribution in [2.75, 3.05) is 0 Å². The zero-order chi connectivity index (χ0) is 12.3. The van der Waals surface area contributed by atoms with Gasteiger partial charge in [-0.2, -0.15) is 0 Å². The predicted octanol–water partition coefficient (Wildman–Crippen LogP) is 4.04. The Morgan fingerprint density at radius 1 is 1.35 bits per heavy atom. The quantitative estimate of drug-likeness (QED) is 0.603. The second-order valence-electron chi connectivity index (χ2n) is 4.12. The third-order valence-electron chi connectivity index (χ3n) is 2.81. The summed E-state index contributed by atoms with van der Waals surface area (Å²) in [6.45, 7) is 2.17. The number of nitrogens with zero attached hydrogens (tertiary/aromatic N) is 1. The molecule has 0 atom stereocenters.